The Morgan fingerprint density at radius 1 is 1.21 bits per heavy atom. The molecular weight excluding hydrogens is 244 g/mol. The van der Waals surface area contributed by atoms with E-state index in [0.717, 1.165) is 32.1 Å². The summed E-state index contributed by atoms with van der Waals surface area (Å²) in [6.45, 7) is 3.74. The van der Waals surface area contributed by atoms with Gasteiger partial charge >= 0.3 is 0 Å². The molecule has 1 nitrogen and oxygen atoms in total. The van der Waals surface area contributed by atoms with Crippen molar-refractivity contribution in [2.75, 3.05) is 0 Å². The van der Waals surface area contributed by atoms with Crippen LogP contribution in [0.15, 0.2) is 24.8 Å². The summed E-state index contributed by atoms with van der Waals surface area (Å²) in [4.78, 5) is 0. The van der Waals surface area contributed by atoms with Crippen molar-refractivity contribution in [2.24, 2.45) is 5.92 Å². The molecule has 0 bridgehead atoms. The number of halogens is 2. The number of hydrogen-bond donors (Lipinski definition) is 0. The zero-order chi connectivity index (χ0) is 13.8. The molecule has 0 aliphatic heterocycles. The lowest BCUT2D eigenvalue weighted by molar-refractivity contribution is 0.327. The van der Waals surface area contributed by atoms with E-state index in [1.165, 1.54) is 12.1 Å². The van der Waals surface area contributed by atoms with Crippen molar-refractivity contribution in [3.05, 3.63) is 47.5 Å². The quantitative estimate of drug-likeness (QED) is 0.724. The van der Waals surface area contributed by atoms with Crippen molar-refractivity contribution in [2.45, 2.75) is 38.0 Å². The van der Waals surface area contributed by atoms with Crippen LogP contribution >= 0.6 is 0 Å². The highest BCUT2D eigenvalue weighted by atomic mass is 19.1. The van der Waals surface area contributed by atoms with Gasteiger partial charge in [0.05, 0.1) is 0 Å². The van der Waals surface area contributed by atoms with Gasteiger partial charge in [-0.15, -0.1) is 6.58 Å². The first kappa shape index (κ1) is 13.7. The maximum atomic E-state index is 13.6. The van der Waals surface area contributed by atoms with E-state index in [4.69, 9.17) is 5.26 Å². The molecule has 0 atom stereocenters. The second kappa shape index (κ2) is 5.97. The first-order valence-corrected chi connectivity index (χ1v) is 6.65. The van der Waals surface area contributed by atoms with Crippen LogP contribution in [0, 0.1) is 28.9 Å². The fourth-order valence-corrected chi connectivity index (χ4v) is 2.90. The number of hydrogen-bond acceptors (Lipinski definition) is 1. The monoisotopic (exact) mass is 261 g/mol. The van der Waals surface area contributed by atoms with Gasteiger partial charge in [-0.1, -0.05) is 6.08 Å². The maximum absolute atomic E-state index is 13.6. The smallest absolute Gasteiger partial charge is 0.144 e. The van der Waals surface area contributed by atoms with E-state index in [9.17, 15) is 8.78 Å². The van der Waals surface area contributed by atoms with Crippen LogP contribution in [0.3, 0.4) is 0 Å². The Balaban J connectivity index is 2.12. The summed E-state index contributed by atoms with van der Waals surface area (Å²) in [5.41, 5.74) is 0.204. The summed E-state index contributed by atoms with van der Waals surface area (Å²) in [7, 11) is 0. The lowest BCUT2D eigenvalue weighted by Crippen LogP contribution is -2.13. The molecule has 1 aromatic carbocycles. The molecule has 2 rings (SSSR count). The topological polar surface area (TPSA) is 23.8 Å². The number of rotatable bonds is 3. The second-order valence-corrected chi connectivity index (χ2v) is 5.21. The van der Waals surface area contributed by atoms with E-state index < -0.39 is 17.2 Å². The molecule has 0 saturated heterocycles. The molecule has 3 heteroatoms. The van der Waals surface area contributed by atoms with Gasteiger partial charge in [0.25, 0.3) is 0 Å². The average molecular weight is 261 g/mol. The predicted octanol–water partition coefficient (Wildman–Crippen LogP) is 4.69. The fourth-order valence-electron chi connectivity index (χ4n) is 2.90. The molecule has 0 amide bonds. The van der Waals surface area contributed by atoms with Crippen LogP contribution in [-0.2, 0) is 0 Å². The fraction of sp³-hybridized carbons (Fsp3) is 0.438. The highest BCUT2D eigenvalue weighted by Gasteiger charge is 2.23. The Morgan fingerprint density at radius 3 is 2.26 bits per heavy atom. The van der Waals surface area contributed by atoms with Crippen LogP contribution in [0.1, 0.15) is 49.1 Å². The van der Waals surface area contributed by atoms with Crippen molar-refractivity contribution in [1.29, 1.82) is 5.26 Å². The molecule has 0 radical (unpaired) electrons. The van der Waals surface area contributed by atoms with Crippen LogP contribution < -0.4 is 0 Å². The number of benzene rings is 1. The van der Waals surface area contributed by atoms with Crippen molar-refractivity contribution in [1.82, 2.24) is 0 Å². The third-order valence-corrected chi connectivity index (χ3v) is 3.99. The molecule has 1 saturated carbocycles. The molecule has 1 aromatic rings. The Labute approximate surface area is 112 Å². The number of allylic oxidation sites excluding steroid dienone is 1. The molecule has 0 aromatic heterocycles. The van der Waals surface area contributed by atoms with E-state index in [1.807, 2.05) is 6.08 Å². The van der Waals surface area contributed by atoms with E-state index in [0.29, 0.717) is 11.5 Å². The zero-order valence-electron chi connectivity index (χ0n) is 10.8. The first-order chi connectivity index (χ1) is 9.15. The third kappa shape index (κ3) is 3.01. The standard InChI is InChI=1S/C16H17F2N/c1-2-3-11-4-6-12(7-5-11)13-8-15(17)14(10-19)16(18)9-13/h2,8-9,11-12H,1,3-7H2/t11-,12-. The lowest BCUT2D eigenvalue weighted by Gasteiger charge is -2.28. The predicted molar refractivity (Wildman–Crippen MR) is 70.6 cm³/mol. The number of nitriles is 1. The molecule has 0 spiro atoms. The van der Waals surface area contributed by atoms with Gasteiger partial charge in [0.2, 0.25) is 0 Å². The van der Waals surface area contributed by atoms with Gasteiger partial charge in [-0.05, 0) is 61.6 Å². The van der Waals surface area contributed by atoms with Crippen LogP contribution in [0.4, 0.5) is 8.78 Å². The minimum atomic E-state index is -0.745. The van der Waals surface area contributed by atoms with Crippen LogP contribution in [0.2, 0.25) is 0 Å². The van der Waals surface area contributed by atoms with Gasteiger partial charge in [-0.3, -0.25) is 0 Å². The Bertz CT molecular complexity index is 485. The summed E-state index contributed by atoms with van der Waals surface area (Å²) < 4.78 is 27.2. The van der Waals surface area contributed by atoms with Crippen molar-refractivity contribution < 1.29 is 8.78 Å². The van der Waals surface area contributed by atoms with E-state index in [2.05, 4.69) is 6.58 Å². The van der Waals surface area contributed by atoms with Crippen molar-refractivity contribution in [3.8, 4) is 6.07 Å². The molecule has 0 heterocycles. The average Bonchev–Trinajstić information content (AvgIpc) is 2.39. The second-order valence-electron chi connectivity index (χ2n) is 5.21. The minimum absolute atomic E-state index is 0.206. The molecular formula is C16H17F2N. The number of nitrogens with zero attached hydrogens (tertiary/aromatic N) is 1. The Hall–Kier alpha value is -1.69. The first-order valence-electron chi connectivity index (χ1n) is 6.65. The van der Waals surface area contributed by atoms with Gasteiger partial charge in [-0.25, -0.2) is 8.78 Å². The highest BCUT2D eigenvalue weighted by molar-refractivity contribution is 5.36. The molecule has 0 N–H and O–H groups in total. The summed E-state index contributed by atoms with van der Waals surface area (Å²) in [5, 5.41) is 8.65. The van der Waals surface area contributed by atoms with Crippen LogP contribution in [0.5, 0.6) is 0 Å². The van der Waals surface area contributed by atoms with Gasteiger partial charge in [0.1, 0.15) is 23.3 Å². The van der Waals surface area contributed by atoms with Gasteiger partial charge in [-0.2, -0.15) is 5.26 Å². The van der Waals surface area contributed by atoms with Crippen molar-refractivity contribution in [3.63, 3.8) is 0 Å². The molecule has 0 unspecified atom stereocenters. The minimum Gasteiger partial charge on any atom is -0.205 e. The molecule has 100 valence electrons. The molecule has 1 aliphatic rings. The Morgan fingerprint density at radius 2 is 1.79 bits per heavy atom. The summed E-state index contributed by atoms with van der Waals surface area (Å²) in [5.74, 6) is -0.629. The third-order valence-electron chi connectivity index (χ3n) is 3.99. The molecule has 1 fully saturated rings. The van der Waals surface area contributed by atoms with Gasteiger partial charge in [0.15, 0.2) is 0 Å². The van der Waals surface area contributed by atoms with Crippen LogP contribution in [-0.4, -0.2) is 0 Å². The van der Waals surface area contributed by atoms with Crippen LogP contribution in [0.25, 0.3) is 0 Å². The maximum Gasteiger partial charge on any atom is 0.144 e. The Kier molecular flexibility index (Phi) is 4.31. The SMILES string of the molecule is C=CC[C@H]1CC[C@H](c2cc(F)c(C#N)c(F)c2)CC1. The highest BCUT2D eigenvalue weighted by Crippen LogP contribution is 2.37. The summed E-state index contributed by atoms with van der Waals surface area (Å²) in [6, 6.07) is 4.20. The summed E-state index contributed by atoms with van der Waals surface area (Å²) >= 11 is 0. The largest absolute Gasteiger partial charge is 0.205 e. The molecule has 19 heavy (non-hydrogen) atoms. The van der Waals surface area contributed by atoms with E-state index in [1.54, 1.807) is 6.07 Å². The van der Waals surface area contributed by atoms with Gasteiger partial charge < -0.3 is 0 Å². The van der Waals surface area contributed by atoms with E-state index in [-0.39, 0.29) is 5.92 Å². The normalized spacial score (nSPS) is 22.8. The van der Waals surface area contributed by atoms with E-state index >= 15 is 0 Å². The van der Waals surface area contributed by atoms with Gasteiger partial charge in [0, 0.05) is 0 Å². The molecule has 1 aliphatic carbocycles. The van der Waals surface area contributed by atoms with Crippen molar-refractivity contribution >= 4 is 0 Å². The lowest BCUT2D eigenvalue weighted by atomic mass is 9.77. The summed E-state index contributed by atoms with van der Waals surface area (Å²) in [6.07, 6.45) is 6.99. The zero-order valence-corrected chi connectivity index (χ0v) is 10.8.